The molecule has 1 aliphatic heterocycles. The molecule has 19 heavy (non-hydrogen) atoms. The summed E-state index contributed by atoms with van der Waals surface area (Å²) in [6.07, 6.45) is 8.87. The predicted octanol–water partition coefficient (Wildman–Crippen LogP) is 1.38. The minimum atomic E-state index is -0.367. The number of rotatable bonds is 7. The molecule has 0 radical (unpaired) electrons. The second-order valence-electron chi connectivity index (χ2n) is 6.18. The van der Waals surface area contributed by atoms with Crippen molar-refractivity contribution in [1.29, 1.82) is 0 Å². The SMILES string of the molecule is CN1CCCC1CNCC(O)COC1CCCCC1. The van der Waals surface area contributed by atoms with E-state index in [1.165, 1.54) is 51.5 Å². The molecule has 2 atom stereocenters. The zero-order valence-corrected chi connectivity index (χ0v) is 12.3. The molecule has 2 N–H and O–H groups in total. The van der Waals surface area contributed by atoms with Gasteiger partial charge in [-0.2, -0.15) is 0 Å². The highest BCUT2D eigenvalue weighted by atomic mass is 16.5. The van der Waals surface area contributed by atoms with Gasteiger partial charge in [0.05, 0.1) is 18.8 Å². The highest BCUT2D eigenvalue weighted by Crippen LogP contribution is 2.20. The van der Waals surface area contributed by atoms with Gasteiger partial charge < -0.3 is 20.1 Å². The largest absolute Gasteiger partial charge is 0.389 e. The second kappa shape index (κ2) is 8.20. The first-order valence-electron chi connectivity index (χ1n) is 7.96. The molecule has 0 bridgehead atoms. The van der Waals surface area contributed by atoms with Gasteiger partial charge in [0.2, 0.25) is 0 Å². The Kier molecular flexibility index (Phi) is 6.57. The first kappa shape index (κ1) is 15.2. The van der Waals surface area contributed by atoms with Crippen molar-refractivity contribution in [2.45, 2.75) is 63.2 Å². The van der Waals surface area contributed by atoms with Crippen LogP contribution in [0.5, 0.6) is 0 Å². The molecule has 0 aromatic rings. The lowest BCUT2D eigenvalue weighted by Gasteiger charge is -2.24. The predicted molar refractivity (Wildman–Crippen MR) is 77.4 cm³/mol. The van der Waals surface area contributed by atoms with E-state index in [1.807, 2.05) is 0 Å². The summed E-state index contributed by atoms with van der Waals surface area (Å²) in [5.41, 5.74) is 0. The van der Waals surface area contributed by atoms with Crippen LogP contribution in [0.2, 0.25) is 0 Å². The number of nitrogens with zero attached hydrogens (tertiary/aromatic N) is 1. The Balaban J connectivity index is 1.50. The first-order chi connectivity index (χ1) is 9.25. The highest BCUT2D eigenvalue weighted by molar-refractivity contribution is 4.78. The number of likely N-dealkylation sites (tertiary alicyclic amines) is 1. The molecule has 2 rings (SSSR count). The van der Waals surface area contributed by atoms with Gasteiger partial charge in [-0.15, -0.1) is 0 Å². The molecule has 2 aliphatic rings. The van der Waals surface area contributed by atoms with Gasteiger partial charge in [0, 0.05) is 19.1 Å². The van der Waals surface area contributed by atoms with Crippen molar-refractivity contribution >= 4 is 0 Å². The maximum absolute atomic E-state index is 9.92. The number of likely N-dealkylation sites (N-methyl/N-ethyl adjacent to an activating group) is 1. The van der Waals surface area contributed by atoms with Crippen LogP contribution < -0.4 is 5.32 Å². The van der Waals surface area contributed by atoms with E-state index < -0.39 is 0 Å². The van der Waals surface area contributed by atoms with Crippen LogP contribution >= 0.6 is 0 Å². The van der Waals surface area contributed by atoms with E-state index in [1.54, 1.807) is 0 Å². The lowest BCUT2D eigenvalue weighted by atomic mass is 9.98. The van der Waals surface area contributed by atoms with E-state index in [4.69, 9.17) is 4.74 Å². The summed E-state index contributed by atoms with van der Waals surface area (Å²) in [7, 11) is 2.18. The van der Waals surface area contributed by atoms with Gasteiger partial charge in [-0.05, 0) is 39.3 Å². The van der Waals surface area contributed by atoms with E-state index in [0.717, 1.165) is 6.54 Å². The Labute approximate surface area is 117 Å². The Morgan fingerprint density at radius 2 is 2.00 bits per heavy atom. The summed E-state index contributed by atoms with van der Waals surface area (Å²) < 4.78 is 5.79. The maximum Gasteiger partial charge on any atom is 0.0897 e. The van der Waals surface area contributed by atoms with E-state index in [0.29, 0.717) is 25.3 Å². The van der Waals surface area contributed by atoms with E-state index in [-0.39, 0.29) is 6.10 Å². The number of hydrogen-bond donors (Lipinski definition) is 2. The zero-order chi connectivity index (χ0) is 13.5. The number of aliphatic hydroxyl groups is 1. The summed E-state index contributed by atoms with van der Waals surface area (Å²) in [4.78, 5) is 2.40. The smallest absolute Gasteiger partial charge is 0.0897 e. The summed E-state index contributed by atoms with van der Waals surface area (Å²) in [5.74, 6) is 0. The molecule has 0 spiro atoms. The summed E-state index contributed by atoms with van der Waals surface area (Å²) in [6.45, 7) is 3.33. The quantitative estimate of drug-likeness (QED) is 0.733. The van der Waals surface area contributed by atoms with Crippen LogP contribution in [-0.2, 0) is 4.74 Å². The molecule has 112 valence electrons. The standard InChI is InChI=1S/C15H30N2O2/c1-17-9-5-6-13(17)10-16-11-14(18)12-19-15-7-3-2-4-8-15/h13-16,18H,2-12H2,1H3. The van der Waals surface area contributed by atoms with Gasteiger partial charge in [0.25, 0.3) is 0 Å². The van der Waals surface area contributed by atoms with Gasteiger partial charge in [0.1, 0.15) is 0 Å². The van der Waals surface area contributed by atoms with Crippen LogP contribution in [0.3, 0.4) is 0 Å². The molecule has 0 amide bonds. The van der Waals surface area contributed by atoms with Crippen molar-refractivity contribution in [3.8, 4) is 0 Å². The van der Waals surface area contributed by atoms with Crippen LogP contribution in [0.4, 0.5) is 0 Å². The van der Waals surface area contributed by atoms with E-state index in [2.05, 4.69) is 17.3 Å². The number of ether oxygens (including phenoxy) is 1. The molecule has 1 aliphatic carbocycles. The molecule has 2 fully saturated rings. The Morgan fingerprint density at radius 1 is 1.21 bits per heavy atom. The Morgan fingerprint density at radius 3 is 2.68 bits per heavy atom. The molecule has 1 saturated heterocycles. The maximum atomic E-state index is 9.92. The fourth-order valence-corrected chi connectivity index (χ4v) is 3.19. The van der Waals surface area contributed by atoms with Gasteiger partial charge in [0.15, 0.2) is 0 Å². The average molecular weight is 270 g/mol. The normalized spacial score (nSPS) is 27.8. The topological polar surface area (TPSA) is 44.7 Å². The van der Waals surface area contributed by atoms with E-state index >= 15 is 0 Å². The van der Waals surface area contributed by atoms with Crippen LogP contribution in [0.25, 0.3) is 0 Å². The fraction of sp³-hybridized carbons (Fsp3) is 1.00. The fourth-order valence-electron chi connectivity index (χ4n) is 3.19. The van der Waals surface area contributed by atoms with Crippen molar-refractivity contribution in [2.24, 2.45) is 0 Å². The van der Waals surface area contributed by atoms with Crippen LogP contribution in [0.15, 0.2) is 0 Å². The molecular weight excluding hydrogens is 240 g/mol. The molecular formula is C15H30N2O2. The number of hydrogen-bond acceptors (Lipinski definition) is 4. The lowest BCUT2D eigenvalue weighted by Crippen LogP contribution is -2.40. The monoisotopic (exact) mass is 270 g/mol. The summed E-state index contributed by atoms with van der Waals surface area (Å²) in [5, 5.41) is 13.3. The van der Waals surface area contributed by atoms with Gasteiger partial charge in [-0.1, -0.05) is 19.3 Å². The van der Waals surface area contributed by atoms with Crippen LogP contribution in [0.1, 0.15) is 44.9 Å². The van der Waals surface area contributed by atoms with Crippen molar-refractivity contribution in [3.63, 3.8) is 0 Å². The third-order valence-corrected chi connectivity index (χ3v) is 4.51. The second-order valence-corrected chi connectivity index (χ2v) is 6.18. The van der Waals surface area contributed by atoms with Crippen LogP contribution in [-0.4, -0.2) is 61.5 Å². The number of nitrogens with one attached hydrogen (secondary N) is 1. The third kappa shape index (κ3) is 5.38. The highest BCUT2D eigenvalue weighted by Gasteiger charge is 2.20. The van der Waals surface area contributed by atoms with Gasteiger partial charge in [-0.25, -0.2) is 0 Å². The van der Waals surface area contributed by atoms with Crippen LogP contribution in [0, 0.1) is 0 Å². The summed E-state index contributed by atoms with van der Waals surface area (Å²) >= 11 is 0. The minimum absolute atomic E-state index is 0.367. The molecule has 0 aromatic carbocycles. The Hall–Kier alpha value is -0.160. The molecule has 2 unspecified atom stereocenters. The van der Waals surface area contributed by atoms with Crippen molar-refractivity contribution in [1.82, 2.24) is 10.2 Å². The average Bonchev–Trinajstić information content (AvgIpc) is 2.83. The molecule has 0 aromatic heterocycles. The van der Waals surface area contributed by atoms with Crippen molar-refractivity contribution in [2.75, 3.05) is 33.3 Å². The lowest BCUT2D eigenvalue weighted by molar-refractivity contribution is -0.0231. The number of aliphatic hydroxyl groups excluding tert-OH is 1. The molecule has 1 heterocycles. The molecule has 4 nitrogen and oxygen atoms in total. The Bertz CT molecular complexity index is 244. The van der Waals surface area contributed by atoms with Gasteiger partial charge >= 0.3 is 0 Å². The molecule has 4 heteroatoms. The summed E-state index contributed by atoms with van der Waals surface area (Å²) in [6, 6.07) is 0.645. The van der Waals surface area contributed by atoms with Gasteiger partial charge in [-0.3, -0.25) is 0 Å². The third-order valence-electron chi connectivity index (χ3n) is 4.51. The van der Waals surface area contributed by atoms with Crippen molar-refractivity contribution < 1.29 is 9.84 Å². The minimum Gasteiger partial charge on any atom is -0.389 e. The first-order valence-corrected chi connectivity index (χ1v) is 7.96. The van der Waals surface area contributed by atoms with Crippen molar-refractivity contribution in [3.05, 3.63) is 0 Å². The zero-order valence-electron chi connectivity index (χ0n) is 12.3. The van der Waals surface area contributed by atoms with E-state index in [9.17, 15) is 5.11 Å². The molecule has 1 saturated carbocycles.